The number of amides is 1. The van der Waals surface area contributed by atoms with Crippen molar-refractivity contribution in [1.82, 2.24) is 5.32 Å². The molecule has 20 heavy (non-hydrogen) atoms. The van der Waals surface area contributed by atoms with Gasteiger partial charge in [0.25, 0.3) is 0 Å². The van der Waals surface area contributed by atoms with Gasteiger partial charge in [-0.05, 0) is 31.9 Å². The van der Waals surface area contributed by atoms with Crippen LogP contribution in [0, 0.1) is 0 Å². The minimum Gasteiger partial charge on any atom is -0.349 e. The Morgan fingerprint density at radius 3 is 2.00 bits per heavy atom. The number of nitrogens with one attached hydrogen (secondary N) is 1. The molecule has 0 aromatic heterocycles. The zero-order valence-electron chi connectivity index (χ0n) is 12.3. The van der Waals surface area contributed by atoms with E-state index in [0.29, 0.717) is 0 Å². The Kier molecular flexibility index (Phi) is 4.23. The molecule has 2 rings (SSSR count). The third kappa shape index (κ3) is 3.08. The molecule has 0 aliphatic rings. The molecule has 2 heteroatoms. The summed E-state index contributed by atoms with van der Waals surface area (Å²) in [6.07, 6.45) is 0. The molecule has 0 fully saturated rings. The highest BCUT2D eigenvalue weighted by Gasteiger charge is 2.30. The monoisotopic (exact) mass is 267 g/mol. The lowest BCUT2D eigenvalue weighted by molar-refractivity contribution is -0.126. The van der Waals surface area contributed by atoms with Crippen molar-refractivity contribution in [3.63, 3.8) is 0 Å². The van der Waals surface area contributed by atoms with Gasteiger partial charge in [0.1, 0.15) is 0 Å². The highest BCUT2D eigenvalue weighted by Crippen LogP contribution is 2.24. The predicted molar refractivity (Wildman–Crippen MR) is 82.5 cm³/mol. The summed E-state index contributed by atoms with van der Waals surface area (Å²) in [5.74, 6) is 0.0417. The molecular formula is C18H21NO. The summed E-state index contributed by atoms with van der Waals surface area (Å²) in [6.45, 7) is 5.92. The molecule has 1 atom stereocenters. The summed E-state index contributed by atoms with van der Waals surface area (Å²) in [4.78, 5) is 12.5. The van der Waals surface area contributed by atoms with Crippen molar-refractivity contribution in [2.24, 2.45) is 0 Å². The summed E-state index contributed by atoms with van der Waals surface area (Å²) in [5.41, 5.74) is 1.60. The second-order valence-corrected chi connectivity index (χ2v) is 5.60. The second-order valence-electron chi connectivity index (χ2n) is 5.60. The van der Waals surface area contributed by atoms with Gasteiger partial charge in [0, 0.05) is 0 Å². The average molecular weight is 267 g/mol. The predicted octanol–water partition coefficient (Wildman–Crippen LogP) is 3.84. The Bertz CT molecular complexity index is 560. The summed E-state index contributed by atoms with van der Waals surface area (Å²) in [5, 5.41) is 3.10. The van der Waals surface area contributed by atoms with Gasteiger partial charge in [-0.15, -0.1) is 0 Å². The molecule has 0 saturated heterocycles. The Morgan fingerprint density at radius 2 is 1.45 bits per heavy atom. The first kappa shape index (κ1) is 14.3. The summed E-state index contributed by atoms with van der Waals surface area (Å²) < 4.78 is 0. The van der Waals surface area contributed by atoms with Crippen molar-refractivity contribution >= 4 is 5.91 Å². The number of carbonyl (C=O) groups is 1. The van der Waals surface area contributed by atoms with E-state index < -0.39 is 5.41 Å². The van der Waals surface area contributed by atoms with Gasteiger partial charge in [-0.25, -0.2) is 0 Å². The van der Waals surface area contributed by atoms with Crippen molar-refractivity contribution in [3.05, 3.63) is 71.8 Å². The SMILES string of the molecule is C[C@H](NC(=O)C(C)(C)c1ccccc1)c1ccccc1. The number of rotatable bonds is 4. The van der Waals surface area contributed by atoms with Crippen LogP contribution in [0.3, 0.4) is 0 Å². The molecule has 0 unspecified atom stereocenters. The fourth-order valence-corrected chi connectivity index (χ4v) is 2.19. The molecule has 1 N–H and O–H groups in total. The third-order valence-corrected chi connectivity index (χ3v) is 3.71. The van der Waals surface area contributed by atoms with Crippen LogP contribution in [0.4, 0.5) is 0 Å². The van der Waals surface area contributed by atoms with E-state index in [2.05, 4.69) is 5.32 Å². The van der Waals surface area contributed by atoms with Crippen LogP contribution in [0.1, 0.15) is 37.9 Å². The Labute approximate surface area is 120 Å². The van der Waals surface area contributed by atoms with Crippen molar-refractivity contribution in [3.8, 4) is 0 Å². The standard InChI is InChI=1S/C18H21NO/c1-14(15-10-6-4-7-11-15)19-17(20)18(2,3)16-12-8-5-9-13-16/h4-14H,1-3H3,(H,19,20)/t14-/m0/s1. The van der Waals surface area contributed by atoms with Gasteiger partial charge >= 0.3 is 0 Å². The maximum Gasteiger partial charge on any atom is 0.230 e. The van der Waals surface area contributed by atoms with Crippen molar-refractivity contribution < 1.29 is 4.79 Å². The van der Waals surface area contributed by atoms with Crippen LogP contribution in [-0.2, 0) is 10.2 Å². The van der Waals surface area contributed by atoms with Crippen molar-refractivity contribution in [1.29, 1.82) is 0 Å². The summed E-state index contributed by atoms with van der Waals surface area (Å²) >= 11 is 0. The number of carbonyl (C=O) groups excluding carboxylic acids is 1. The first-order valence-electron chi connectivity index (χ1n) is 6.93. The number of hydrogen-bond acceptors (Lipinski definition) is 1. The molecule has 2 nitrogen and oxygen atoms in total. The molecule has 0 saturated carbocycles. The van der Waals surface area contributed by atoms with Crippen LogP contribution in [0.5, 0.6) is 0 Å². The highest BCUT2D eigenvalue weighted by molar-refractivity contribution is 5.87. The second kappa shape index (κ2) is 5.91. The minimum atomic E-state index is -0.537. The lowest BCUT2D eigenvalue weighted by Gasteiger charge is -2.26. The van der Waals surface area contributed by atoms with Gasteiger partial charge in [-0.2, -0.15) is 0 Å². The first-order chi connectivity index (χ1) is 9.51. The van der Waals surface area contributed by atoms with Crippen LogP contribution < -0.4 is 5.32 Å². The molecule has 1 amide bonds. The van der Waals surface area contributed by atoms with Gasteiger partial charge in [0.2, 0.25) is 5.91 Å². The highest BCUT2D eigenvalue weighted by atomic mass is 16.2. The van der Waals surface area contributed by atoms with E-state index in [1.807, 2.05) is 81.4 Å². The van der Waals surface area contributed by atoms with Gasteiger partial charge < -0.3 is 5.32 Å². The molecule has 0 bridgehead atoms. The molecule has 0 aliphatic carbocycles. The van der Waals surface area contributed by atoms with Crippen LogP contribution >= 0.6 is 0 Å². The summed E-state index contributed by atoms with van der Waals surface area (Å²) in [7, 11) is 0. The Balaban J connectivity index is 2.12. The normalized spacial score (nSPS) is 12.8. The van der Waals surface area contributed by atoms with E-state index in [1.54, 1.807) is 0 Å². The van der Waals surface area contributed by atoms with Crippen molar-refractivity contribution in [2.45, 2.75) is 32.2 Å². The third-order valence-electron chi connectivity index (χ3n) is 3.71. The molecule has 0 spiro atoms. The van der Waals surface area contributed by atoms with E-state index in [9.17, 15) is 4.79 Å². The van der Waals surface area contributed by atoms with E-state index in [0.717, 1.165) is 11.1 Å². The smallest absolute Gasteiger partial charge is 0.230 e. The van der Waals surface area contributed by atoms with E-state index in [1.165, 1.54) is 0 Å². The van der Waals surface area contributed by atoms with Gasteiger partial charge in [-0.1, -0.05) is 60.7 Å². The summed E-state index contributed by atoms with van der Waals surface area (Å²) in [6, 6.07) is 19.9. The zero-order chi connectivity index (χ0) is 14.6. The maximum atomic E-state index is 12.5. The van der Waals surface area contributed by atoms with Crippen LogP contribution in [0.15, 0.2) is 60.7 Å². The fraction of sp³-hybridized carbons (Fsp3) is 0.278. The Hall–Kier alpha value is -2.09. The van der Waals surface area contributed by atoms with Gasteiger partial charge in [0.15, 0.2) is 0 Å². The Morgan fingerprint density at radius 1 is 0.950 bits per heavy atom. The molecule has 104 valence electrons. The maximum absolute atomic E-state index is 12.5. The molecule has 0 radical (unpaired) electrons. The first-order valence-corrected chi connectivity index (χ1v) is 6.93. The molecule has 2 aromatic rings. The lowest BCUT2D eigenvalue weighted by atomic mass is 9.83. The minimum absolute atomic E-state index is 0.00619. The average Bonchev–Trinajstić information content (AvgIpc) is 2.49. The quantitative estimate of drug-likeness (QED) is 0.896. The molecular weight excluding hydrogens is 246 g/mol. The molecule has 0 heterocycles. The zero-order valence-corrected chi connectivity index (χ0v) is 12.3. The molecule has 0 aliphatic heterocycles. The van der Waals surface area contributed by atoms with E-state index in [-0.39, 0.29) is 11.9 Å². The number of benzene rings is 2. The largest absolute Gasteiger partial charge is 0.349 e. The van der Waals surface area contributed by atoms with Gasteiger partial charge in [-0.3, -0.25) is 4.79 Å². The van der Waals surface area contributed by atoms with Gasteiger partial charge in [0.05, 0.1) is 11.5 Å². The van der Waals surface area contributed by atoms with Crippen LogP contribution in [0.2, 0.25) is 0 Å². The number of hydrogen-bond donors (Lipinski definition) is 1. The molecule has 2 aromatic carbocycles. The van der Waals surface area contributed by atoms with Crippen molar-refractivity contribution in [2.75, 3.05) is 0 Å². The fourth-order valence-electron chi connectivity index (χ4n) is 2.19. The van der Waals surface area contributed by atoms with Crippen LogP contribution in [0.25, 0.3) is 0 Å². The van der Waals surface area contributed by atoms with E-state index in [4.69, 9.17) is 0 Å². The van der Waals surface area contributed by atoms with Crippen LogP contribution in [-0.4, -0.2) is 5.91 Å². The van der Waals surface area contributed by atoms with E-state index >= 15 is 0 Å². The topological polar surface area (TPSA) is 29.1 Å². The lowest BCUT2D eigenvalue weighted by Crippen LogP contribution is -2.41.